The molecular weight excluding hydrogens is 428 g/mol. The molecule has 0 N–H and O–H groups in total. The molecule has 158 valence electrons. The molecule has 4 heterocycles. The van der Waals surface area contributed by atoms with Gasteiger partial charge in [-0.05, 0) is 38.0 Å². The minimum Gasteiger partial charge on any atom is -0.456 e. The molecule has 3 aromatic heterocycles. The maximum absolute atomic E-state index is 12.1. The van der Waals surface area contributed by atoms with Crippen LogP contribution in [0.5, 0.6) is 0 Å². The maximum atomic E-state index is 12.1. The van der Waals surface area contributed by atoms with Gasteiger partial charge in [0, 0.05) is 24.0 Å². The largest absolute Gasteiger partial charge is 0.456 e. The third kappa shape index (κ3) is 4.27. The number of nitrogens with zero attached hydrogens (tertiary/aromatic N) is 4. The number of halogens is 1. The van der Waals surface area contributed by atoms with Crippen LogP contribution in [0.25, 0.3) is 11.7 Å². The number of carbonyl (C=O) groups is 1. The van der Waals surface area contributed by atoms with E-state index in [4.69, 9.17) is 16.3 Å². The number of aryl methyl sites for hydroxylation is 2. The highest BCUT2D eigenvalue weighted by molar-refractivity contribution is 7.91. The highest BCUT2D eigenvalue weighted by Gasteiger charge is 2.31. The molecule has 4 rings (SSSR count). The zero-order chi connectivity index (χ0) is 21.5. The number of fused-ring (bicyclic) bond motifs is 1. The minimum absolute atomic E-state index is 0.0254. The normalized spacial score (nSPS) is 18.4. The number of ether oxygens (including phenoxy) is 1. The lowest BCUT2D eigenvalue weighted by Gasteiger charge is -2.09. The average molecular weight is 449 g/mol. The maximum Gasteiger partial charge on any atom is 0.331 e. The van der Waals surface area contributed by atoms with Crippen molar-refractivity contribution in [1.82, 2.24) is 19.2 Å². The summed E-state index contributed by atoms with van der Waals surface area (Å²) in [6, 6.07) is 3.58. The first-order chi connectivity index (χ1) is 14.2. The van der Waals surface area contributed by atoms with Crippen molar-refractivity contribution in [2.75, 3.05) is 11.5 Å². The summed E-state index contributed by atoms with van der Waals surface area (Å²) in [4.78, 5) is 16.5. The number of rotatable bonds is 5. The molecule has 0 radical (unpaired) electrons. The molecule has 0 amide bonds. The standard InChI is InChI=1S/C20H21ClN4O4S/c1-13-3-5-18-22-15(10-24(18)9-13)11-29-19(26)6-4-17-14(2)23-25(20(17)21)16-7-8-30(27,28)12-16/h3-6,9-10,16H,7-8,11-12H2,1-2H3/b6-4+. The lowest BCUT2D eigenvalue weighted by molar-refractivity contribution is -0.139. The van der Waals surface area contributed by atoms with E-state index in [1.165, 1.54) is 10.8 Å². The molecule has 1 atom stereocenters. The second-order valence-electron chi connectivity index (χ2n) is 7.44. The van der Waals surface area contributed by atoms with E-state index < -0.39 is 15.8 Å². The number of hydrogen-bond donors (Lipinski definition) is 0. The molecule has 1 aliphatic rings. The van der Waals surface area contributed by atoms with E-state index in [1.54, 1.807) is 13.0 Å². The molecule has 10 heteroatoms. The van der Waals surface area contributed by atoms with Gasteiger partial charge in [-0.25, -0.2) is 22.9 Å². The number of hydrogen-bond acceptors (Lipinski definition) is 6. The highest BCUT2D eigenvalue weighted by atomic mass is 35.5. The van der Waals surface area contributed by atoms with Gasteiger partial charge in [-0.15, -0.1) is 0 Å². The van der Waals surface area contributed by atoms with Crippen molar-refractivity contribution in [3.63, 3.8) is 0 Å². The molecule has 0 spiro atoms. The molecule has 8 nitrogen and oxygen atoms in total. The van der Waals surface area contributed by atoms with Crippen LogP contribution in [0.4, 0.5) is 0 Å². The quantitative estimate of drug-likeness (QED) is 0.440. The van der Waals surface area contributed by atoms with E-state index in [-0.39, 0.29) is 24.2 Å². The molecule has 3 aromatic rings. The minimum atomic E-state index is -3.05. The molecule has 1 unspecified atom stereocenters. The van der Waals surface area contributed by atoms with Crippen molar-refractivity contribution < 1.29 is 17.9 Å². The Morgan fingerprint density at radius 2 is 2.13 bits per heavy atom. The predicted octanol–water partition coefficient (Wildman–Crippen LogP) is 2.92. The van der Waals surface area contributed by atoms with Gasteiger partial charge in [-0.1, -0.05) is 17.7 Å². The van der Waals surface area contributed by atoms with E-state index in [0.717, 1.165) is 11.2 Å². The van der Waals surface area contributed by atoms with Crippen molar-refractivity contribution in [3.05, 3.63) is 58.3 Å². The van der Waals surface area contributed by atoms with Gasteiger partial charge in [0.1, 0.15) is 17.4 Å². The Morgan fingerprint density at radius 3 is 2.87 bits per heavy atom. The van der Waals surface area contributed by atoms with E-state index in [2.05, 4.69) is 10.1 Å². The SMILES string of the molecule is Cc1ccc2nc(COC(=O)/C=C/c3c(C)nn(C4CCS(=O)(=O)C4)c3Cl)cn2c1. The van der Waals surface area contributed by atoms with E-state index >= 15 is 0 Å². The van der Waals surface area contributed by atoms with Crippen molar-refractivity contribution in [2.45, 2.75) is 32.9 Å². The molecule has 1 saturated heterocycles. The van der Waals surface area contributed by atoms with Crippen LogP contribution in [0, 0.1) is 13.8 Å². The fourth-order valence-corrected chi connectivity index (χ4v) is 5.57. The molecule has 0 saturated carbocycles. The molecule has 1 aliphatic heterocycles. The molecule has 30 heavy (non-hydrogen) atoms. The summed E-state index contributed by atoms with van der Waals surface area (Å²) in [6.45, 7) is 3.80. The second kappa shape index (κ2) is 7.88. The summed E-state index contributed by atoms with van der Waals surface area (Å²) in [5, 5.41) is 4.68. The van der Waals surface area contributed by atoms with Crippen LogP contribution in [0.1, 0.15) is 35.0 Å². The van der Waals surface area contributed by atoms with Crippen molar-refractivity contribution >= 4 is 39.1 Å². The molecule has 0 aliphatic carbocycles. The third-order valence-electron chi connectivity index (χ3n) is 5.02. The monoisotopic (exact) mass is 448 g/mol. The van der Waals surface area contributed by atoms with Crippen LogP contribution in [-0.2, 0) is 26.0 Å². The van der Waals surface area contributed by atoms with Gasteiger partial charge in [0.15, 0.2) is 9.84 Å². The van der Waals surface area contributed by atoms with Crippen LogP contribution < -0.4 is 0 Å². The number of aromatic nitrogens is 4. The Bertz CT molecular complexity index is 1260. The van der Waals surface area contributed by atoms with Crippen molar-refractivity contribution in [1.29, 1.82) is 0 Å². The van der Waals surface area contributed by atoms with Crippen molar-refractivity contribution in [3.8, 4) is 0 Å². The third-order valence-corrected chi connectivity index (χ3v) is 7.15. The zero-order valence-corrected chi connectivity index (χ0v) is 18.2. The number of pyridine rings is 1. The van der Waals surface area contributed by atoms with Gasteiger partial charge >= 0.3 is 5.97 Å². The fraction of sp³-hybridized carbons (Fsp3) is 0.350. The molecular formula is C20H21ClN4O4S. The molecule has 0 aromatic carbocycles. The van der Waals surface area contributed by atoms with E-state index in [0.29, 0.717) is 28.5 Å². The van der Waals surface area contributed by atoms with Gasteiger partial charge in [0.25, 0.3) is 0 Å². The van der Waals surface area contributed by atoms with Crippen LogP contribution in [0.3, 0.4) is 0 Å². The highest BCUT2D eigenvalue weighted by Crippen LogP contribution is 2.30. The Kier molecular flexibility index (Phi) is 5.42. The first-order valence-electron chi connectivity index (χ1n) is 9.46. The van der Waals surface area contributed by atoms with Crippen LogP contribution in [0.2, 0.25) is 5.15 Å². The number of esters is 1. The van der Waals surface area contributed by atoms with Crippen LogP contribution >= 0.6 is 11.6 Å². The predicted molar refractivity (Wildman–Crippen MR) is 113 cm³/mol. The second-order valence-corrected chi connectivity index (χ2v) is 10.0. The first-order valence-corrected chi connectivity index (χ1v) is 11.7. The fourth-order valence-electron chi connectivity index (χ4n) is 3.50. The lowest BCUT2D eigenvalue weighted by Crippen LogP contribution is -2.12. The van der Waals surface area contributed by atoms with E-state index in [1.807, 2.05) is 35.9 Å². The van der Waals surface area contributed by atoms with Gasteiger partial charge in [-0.2, -0.15) is 5.10 Å². The Hall–Kier alpha value is -2.65. The Balaban J connectivity index is 1.42. The van der Waals surface area contributed by atoms with Gasteiger partial charge in [-0.3, -0.25) is 0 Å². The van der Waals surface area contributed by atoms with E-state index in [9.17, 15) is 13.2 Å². The molecule has 0 bridgehead atoms. The summed E-state index contributed by atoms with van der Waals surface area (Å²) in [5.74, 6) is -0.375. The Morgan fingerprint density at radius 1 is 1.33 bits per heavy atom. The Labute approximate surface area is 179 Å². The van der Waals surface area contributed by atoms with Crippen molar-refractivity contribution in [2.24, 2.45) is 0 Å². The smallest absolute Gasteiger partial charge is 0.331 e. The summed E-state index contributed by atoms with van der Waals surface area (Å²) in [5.41, 5.74) is 3.72. The van der Waals surface area contributed by atoms with Gasteiger partial charge in [0.05, 0.1) is 28.9 Å². The summed E-state index contributed by atoms with van der Waals surface area (Å²) in [7, 11) is -3.05. The zero-order valence-electron chi connectivity index (χ0n) is 16.6. The summed E-state index contributed by atoms with van der Waals surface area (Å²) < 4.78 is 32.1. The topological polar surface area (TPSA) is 95.6 Å². The van der Waals surface area contributed by atoms with Crippen LogP contribution in [-0.4, -0.2) is 45.1 Å². The molecule has 1 fully saturated rings. The average Bonchev–Trinajstić information content (AvgIpc) is 3.33. The summed E-state index contributed by atoms with van der Waals surface area (Å²) >= 11 is 6.41. The van der Waals surface area contributed by atoms with Gasteiger partial charge < -0.3 is 9.14 Å². The number of sulfone groups is 1. The van der Waals surface area contributed by atoms with Crippen LogP contribution in [0.15, 0.2) is 30.6 Å². The number of imidazole rings is 1. The lowest BCUT2D eigenvalue weighted by atomic mass is 10.2. The first kappa shape index (κ1) is 20.6. The number of carbonyl (C=O) groups excluding carboxylic acids is 1. The van der Waals surface area contributed by atoms with Gasteiger partial charge in [0.2, 0.25) is 0 Å². The summed E-state index contributed by atoms with van der Waals surface area (Å²) in [6.07, 6.45) is 7.07.